The number of nitrogens with one attached hydrogen (secondary N) is 2. The average molecular weight is 568 g/mol. The summed E-state index contributed by atoms with van der Waals surface area (Å²) < 4.78 is 0.908. The summed E-state index contributed by atoms with van der Waals surface area (Å²) >= 11 is 10.8. The van der Waals surface area contributed by atoms with E-state index >= 15 is 0 Å². The molecule has 3 aromatic carbocycles. The Balaban J connectivity index is 1.55. The van der Waals surface area contributed by atoms with Crippen molar-refractivity contribution in [2.24, 2.45) is 5.10 Å². The predicted octanol–water partition coefficient (Wildman–Crippen LogP) is 8.22. The van der Waals surface area contributed by atoms with Crippen molar-refractivity contribution in [2.75, 3.05) is 10.7 Å². The molecule has 0 fully saturated rings. The summed E-state index contributed by atoms with van der Waals surface area (Å²) in [6.45, 7) is 6.56. The van der Waals surface area contributed by atoms with Crippen molar-refractivity contribution in [2.45, 2.75) is 26.2 Å². The third-order valence-corrected chi connectivity index (χ3v) is 6.88. The van der Waals surface area contributed by atoms with Crippen LogP contribution in [0.3, 0.4) is 0 Å². The van der Waals surface area contributed by atoms with Crippen LogP contribution in [-0.2, 0) is 5.41 Å². The lowest BCUT2D eigenvalue weighted by Crippen LogP contribution is -2.11. The first-order valence-electron chi connectivity index (χ1n) is 10.9. The molecule has 0 atom stereocenters. The van der Waals surface area contributed by atoms with Gasteiger partial charge in [-0.1, -0.05) is 96.0 Å². The average Bonchev–Trinajstić information content (AvgIpc) is 3.22. The van der Waals surface area contributed by atoms with Crippen LogP contribution in [0.4, 0.5) is 10.1 Å². The summed E-state index contributed by atoms with van der Waals surface area (Å²) in [7, 11) is 0. The van der Waals surface area contributed by atoms with Gasteiger partial charge in [0, 0.05) is 20.6 Å². The first-order valence-corrected chi connectivity index (χ1v) is 12.9. The summed E-state index contributed by atoms with van der Waals surface area (Å²) in [5, 5.41) is 9.14. The van der Waals surface area contributed by atoms with Crippen LogP contribution in [0.1, 0.15) is 42.3 Å². The smallest absolute Gasteiger partial charge is 0.256 e. The van der Waals surface area contributed by atoms with E-state index in [1.165, 1.54) is 16.9 Å². The molecule has 0 aliphatic rings. The van der Waals surface area contributed by atoms with E-state index in [2.05, 4.69) is 69.7 Å². The number of thiazole rings is 1. The second kappa shape index (κ2) is 10.7. The van der Waals surface area contributed by atoms with Crippen molar-refractivity contribution in [1.29, 1.82) is 0 Å². The molecule has 0 radical (unpaired) electrons. The fourth-order valence-electron chi connectivity index (χ4n) is 3.26. The quantitative estimate of drug-likeness (QED) is 0.182. The van der Waals surface area contributed by atoms with Gasteiger partial charge < -0.3 is 5.32 Å². The summed E-state index contributed by atoms with van der Waals surface area (Å²) in [4.78, 5) is 17.5. The van der Waals surface area contributed by atoms with Crippen molar-refractivity contribution in [3.8, 4) is 11.3 Å². The first-order chi connectivity index (χ1) is 16.7. The molecule has 0 aliphatic carbocycles. The van der Waals surface area contributed by atoms with E-state index in [0.717, 1.165) is 15.6 Å². The Bertz CT molecular complexity index is 1340. The topological polar surface area (TPSA) is 66.4 Å². The number of hydrazone groups is 1. The third-order valence-electron chi connectivity index (χ3n) is 5.23. The lowest BCUT2D eigenvalue weighted by atomic mass is 9.87. The molecule has 35 heavy (non-hydrogen) atoms. The van der Waals surface area contributed by atoms with E-state index in [-0.39, 0.29) is 11.3 Å². The number of halogens is 2. The van der Waals surface area contributed by atoms with Crippen molar-refractivity contribution in [1.82, 2.24) is 4.98 Å². The summed E-state index contributed by atoms with van der Waals surface area (Å²) in [5.41, 5.74) is 7.37. The van der Waals surface area contributed by atoms with Gasteiger partial charge in [-0.15, -0.1) is 0 Å². The Morgan fingerprint density at radius 1 is 1.00 bits per heavy atom. The summed E-state index contributed by atoms with van der Waals surface area (Å²) in [6, 6.07) is 22.8. The zero-order chi connectivity index (χ0) is 25.0. The maximum atomic E-state index is 12.9. The highest BCUT2D eigenvalue weighted by molar-refractivity contribution is 9.10. The number of aromatic nitrogens is 1. The van der Waals surface area contributed by atoms with Gasteiger partial charge in [0.1, 0.15) is 10.7 Å². The molecular formula is C27H24BrClN4OS. The molecule has 178 valence electrons. The number of rotatable bonds is 6. The largest absolute Gasteiger partial charge is 0.312 e. The molecule has 0 unspecified atom stereocenters. The zero-order valence-electron chi connectivity index (χ0n) is 19.5. The minimum Gasteiger partial charge on any atom is -0.312 e. The third kappa shape index (κ3) is 6.57. The summed E-state index contributed by atoms with van der Waals surface area (Å²) in [5.74, 6) is -0.217. The first kappa shape index (κ1) is 25.1. The van der Waals surface area contributed by atoms with Gasteiger partial charge in [0.15, 0.2) is 0 Å². The van der Waals surface area contributed by atoms with E-state index in [1.807, 2.05) is 36.4 Å². The minimum absolute atomic E-state index is 0.101. The van der Waals surface area contributed by atoms with Gasteiger partial charge >= 0.3 is 0 Å². The monoisotopic (exact) mass is 566 g/mol. The molecule has 0 bridgehead atoms. The Hall–Kier alpha value is -3.00. The molecule has 5 nitrogen and oxygen atoms in total. The van der Waals surface area contributed by atoms with Crippen molar-refractivity contribution in [3.05, 3.63) is 99.0 Å². The van der Waals surface area contributed by atoms with E-state index in [9.17, 15) is 4.79 Å². The number of hydrogen-bond donors (Lipinski definition) is 2. The molecule has 1 aromatic heterocycles. The van der Waals surface area contributed by atoms with E-state index in [4.69, 9.17) is 11.6 Å². The molecule has 1 amide bonds. The van der Waals surface area contributed by atoms with Crippen LogP contribution in [0.25, 0.3) is 11.3 Å². The molecule has 2 N–H and O–H groups in total. The molecule has 4 rings (SSSR count). The fraction of sp³-hybridized carbons (Fsp3) is 0.148. The van der Waals surface area contributed by atoms with Crippen LogP contribution >= 0.6 is 38.9 Å². The van der Waals surface area contributed by atoms with Gasteiger partial charge in [-0.3, -0.25) is 10.2 Å². The molecule has 0 saturated carbocycles. The van der Waals surface area contributed by atoms with Crippen LogP contribution in [0, 0.1) is 0 Å². The molecular weight excluding hydrogens is 544 g/mol. The van der Waals surface area contributed by atoms with Gasteiger partial charge in [-0.2, -0.15) is 5.10 Å². The Labute approximate surface area is 222 Å². The highest BCUT2D eigenvalue weighted by Crippen LogP contribution is 2.36. The Morgan fingerprint density at radius 3 is 2.29 bits per heavy atom. The maximum absolute atomic E-state index is 12.9. The predicted molar refractivity (Wildman–Crippen MR) is 151 cm³/mol. The van der Waals surface area contributed by atoms with Gasteiger partial charge in [-0.05, 0) is 52.9 Å². The van der Waals surface area contributed by atoms with Gasteiger partial charge in [0.05, 0.1) is 6.21 Å². The van der Waals surface area contributed by atoms with Gasteiger partial charge in [0.2, 0.25) is 5.13 Å². The number of anilines is 2. The van der Waals surface area contributed by atoms with Gasteiger partial charge in [0.25, 0.3) is 5.91 Å². The molecule has 0 aliphatic heterocycles. The van der Waals surface area contributed by atoms with Crippen molar-refractivity contribution < 1.29 is 4.79 Å². The maximum Gasteiger partial charge on any atom is 0.256 e. The van der Waals surface area contributed by atoms with Crippen LogP contribution < -0.4 is 10.7 Å². The number of carbonyl (C=O) groups excluding carboxylic acids is 1. The highest BCUT2D eigenvalue weighted by Gasteiger charge is 2.17. The van der Waals surface area contributed by atoms with Crippen LogP contribution in [-0.4, -0.2) is 17.1 Å². The molecule has 8 heteroatoms. The van der Waals surface area contributed by atoms with E-state index in [0.29, 0.717) is 26.4 Å². The van der Waals surface area contributed by atoms with Crippen LogP contribution in [0.15, 0.2) is 82.4 Å². The van der Waals surface area contributed by atoms with Crippen LogP contribution in [0.2, 0.25) is 5.02 Å². The second-order valence-electron chi connectivity index (χ2n) is 8.91. The second-order valence-corrected chi connectivity index (χ2v) is 11.3. The Morgan fingerprint density at radius 2 is 1.66 bits per heavy atom. The van der Waals surface area contributed by atoms with E-state index in [1.54, 1.807) is 30.5 Å². The number of hydrogen-bond acceptors (Lipinski definition) is 5. The SMILES string of the molecule is CC(C)(C)c1ccc(/C=N\Nc2nc(-c3ccc(Cl)cc3)c(NC(=O)c3ccc(Br)cc3)s2)cc1. The standard InChI is InChI=1S/C27H24BrClN4OS/c1-27(2,3)20-10-4-17(5-11-20)16-30-33-26-31-23(18-8-14-22(29)15-9-18)25(35-26)32-24(34)19-6-12-21(28)13-7-19/h4-16H,1-3H3,(H,31,33)(H,32,34)/b30-16-. The number of carbonyl (C=O) groups is 1. The van der Waals surface area contributed by atoms with Crippen LogP contribution in [0.5, 0.6) is 0 Å². The zero-order valence-corrected chi connectivity index (χ0v) is 22.6. The van der Waals surface area contributed by atoms with Crippen molar-refractivity contribution >= 4 is 61.1 Å². The van der Waals surface area contributed by atoms with Gasteiger partial charge in [-0.25, -0.2) is 4.98 Å². The number of amides is 1. The molecule has 0 saturated heterocycles. The molecule has 4 aromatic rings. The number of benzene rings is 3. The highest BCUT2D eigenvalue weighted by atomic mass is 79.9. The normalized spacial score (nSPS) is 11.6. The lowest BCUT2D eigenvalue weighted by molar-refractivity contribution is 0.102. The molecule has 0 spiro atoms. The summed E-state index contributed by atoms with van der Waals surface area (Å²) in [6.07, 6.45) is 1.75. The fourth-order valence-corrected chi connectivity index (χ4v) is 4.49. The molecule has 1 heterocycles. The minimum atomic E-state index is -0.217. The lowest BCUT2D eigenvalue weighted by Gasteiger charge is -2.18. The number of nitrogens with zero attached hydrogens (tertiary/aromatic N) is 2. The Kier molecular flexibility index (Phi) is 7.69. The van der Waals surface area contributed by atoms with E-state index < -0.39 is 0 Å². The van der Waals surface area contributed by atoms with Crippen molar-refractivity contribution in [3.63, 3.8) is 0 Å².